The van der Waals surface area contributed by atoms with Gasteiger partial charge in [0.2, 0.25) is 10.0 Å². The van der Waals surface area contributed by atoms with Crippen LogP contribution in [0.4, 0.5) is 5.69 Å². The highest BCUT2D eigenvalue weighted by Crippen LogP contribution is 2.21. The van der Waals surface area contributed by atoms with Crippen LogP contribution in [0.1, 0.15) is 26.2 Å². The molecule has 2 rings (SSSR count). The summed E-state index contributed by atoms with van der Waals surface area (Å²) in [4.78, 5) is 4.27. The van der Waals surface area contributed by atoms with Crippen LogP contribution in [-0.2, 0) is 16.4 Å². The lowest BCUT2D eigenvalue weighted by Gasteiger charge is -2.05. The van der Waals surface area contributed by atoms with E-state index in [1.807, 2.05) is 13.8 Å². The van der Waals surface area contributed by atoms with Gasteiger partial charge in [-0.1, -0.05) is 13.8 Å². The van der Waals surface area contributed by atoms with Crippen molar-refractivity contribution < 1.29 is 12.8 Å². The number of anilines is 1. The van der Waals surface area contributed by atoms with E-state index in [2.05, 4.69) is 9.71 Å². The number of sulfonamides is 1. The average molecular weight is 268 g/mol. The van der Waals surface area contributed by atoms with Gasteiger partial charge in [0.15, 0.2) is 11.5 Å². The summed E-state index contributed by atoms with van der Waals surface area (Å²) >= 11 is 0. The molecule has 1 N–H and O–H groups in total. The first-order chi connectivity index (χ1) is 8.54. The van der Waals surface area contributed by atoms with E-state index in [4.69, 9.17) is 4.42 Å². The third kappa shape index (κ3) is 2.81. The Hall–Kier alpha value is -1.56. The van der Waals surface area contributed by atoms with Crippen LogP contribution in [0, 0.1) is 0 Å². The summed E-state index contributed by atoms with van der Waals surface area (Å²) in [6.45, 7) is 3.78. The number of oxazole rings is 1. The Morgan fingerprint density at radius 1 is 1.33 bits per heavy atom. The number of hydrogen-bond acceptors (Lipinski definition) is 4. The van der Waals surface area contributed by atoms with Gasteiger partial charge >= 0.3 is 0 Å². The molecule has 0 aliphatic heterocycles. The van der Waals surface area contributed by atoms with E-state index in [0.717, 1.165) is 0 Å². The van der Waals surface area contributed by atoms with Crippen LogP contribution < -0.4 is 4.72 Å². The van der Waals surface area contributed by atoms with Crippen molar-refractivity contribution in [2.24, 2.45) is 0 Å². The largest absolute Gasteiger partial charge is 0.441 e. The molecule has 1 aromatic heterocycles. The van der Waals surface area contributed by atoms with Crippen LogP contribution in [0.2, 0.25) is 0 Å². The maximum Gasteiger partial charge on any atom is 0.232 e. The summed E-state index contributed by atoms with van der Waals surface area (Å²) < 4.78 is 31.3. The number of nitrogens with one attached hydrogen (secondary N) is 1. The average Bonchev–Trinajstić information content (AvgIpc) is 2.70. The second kappa shape index (κ2) is 4.97. The number of nitrogens with zero attached hydrogens (tertiary/aromatic N) is 1. The molecule has 0 saturated carbocycles. The summed E-state index contributed by atoms with van der Waals surface area (Å²) in [5.41, 5.74) is 1.86. The van der Waals surface area contributed by atoms with E-state index < -0.39 is 10.0 Å². The Bertz CT molecular complexity index is 646. The molecule has 0 amide bonds. The Kier molecular flexibility index (Phi) is 3.56. The fourth-order valence-electron chi connectivity index (χ4n) is 1.69. The smallest absolute Gasteiger partial charge is 0.232 e. The molecule has 5 nitrogen and oxygen atoms in total. The van der Waals surface area contributed by atoms with Crippen molar-refractivity contribution in [3.63, 3.8) is 0 Å². The lowest BCUT2D eigenvalue weighted by atomic mass is 10.3. The molecule has 0 unspecified atom stereocenters. The van der Waals surface area contributed by atoms with Crippen molar-refractivity contribution in [3.05, 3.63) is 24.1 Å². The minimum Gasteiger partial charge on any atom is -0.441 e. The van der Waals surface area contributed by atoms with Gasteiger partial charge in [-0.15, -0.1) is 0 Å². The third-order valence-electron chi connectivity index (χ3n) is 2.48. The topological polar surface area (TPSA) is 72.2 Å². The fourth-order valence-corrected chi connectivity index (χ4v) is 2.81. The number of hydrogen-bond donors (Lipinski definition) is 1. The number of fused-ring (bicyclic) bond motifs is 1. The zero-order valence-electron chi connectivity index (χ0n) is 10.4. The monoisotopic (exact) mass is 268 g/mol. The number of benzene rings is 1. The van der Waals surface area contributed by atoms with Gasteiger partial charge in [0.1, 0.15) is 5.52 Å². The molecule has 0 saturated heterocycles. The van der Waals surface area contributed by atoms with E-state index in [-0.39, 0.29) is 5.75 Å². The van der Waals surface area contributed by atoms with Gasteiger partial charge in [-0.05, 0) is 24.6 Å². The van der Waals surface area contributed by atoms with E-state index in [1.165, 1.54) is 0 Å². The summed E-state index contributed by atoms with van der Waals surface area (Å²) in [5.74, 6) is 0.767. The normalized spacial score (nSPS) is 11.9. The second-order valence-electron chi connectivity index (χ2n) is 4.06. The standard InChI is InChI=1S/C12H16N2O3S/c1-3-7-18(15,16)14-9-5-6-11-10(8-9)13-12(4-2)17-11/h5-6,8,14H,3-4,7H2,1-2H3. The maximum atomic E-state index is 11.6. The molecular weight excluding hydrogens is 252 g/mol. The molecular formula is C12H16N2O3S. The van der Waals surface area contributed by atoms with E-state index >= 15 is 0 Å². The summed E-state index contributed by atoms with van der Waals surface area (Å²) in [6.07, 6.45) is 1.30. The van der Waals surface area contributed by atoms with Gasteiger partial charge in [-0.2, -0.15) is 0 Å². The molecule has 0 bridgehead atoms. The SMILES string of the molecule is CCCS(=O)(=O)Nc1ccc2oc(CC)nc2c1. The molecule has 0 atom stereocenters. The van der Waals surface area contributed by atoms with Crippen LogP contribution in [0.5, 0.6) is 0 Å². The van der Waals surface area contributed by atoms with Crippen molar-refractivity contribution >= 4 is 26.8 Å². The van der Waals surface area contributed by atoms with Crippen LogP contribution in [0.15, 0.2) is 22.6 Å². The Labute approximate surface area is 106 Å². The van der Waals surface area contributed by atoms with E-state index in [1.54, 1.807) is 18.2 Å². The predicted molar refractivity (Wildman–Crippen MR) is 71.1 cm³/mol. The van der Waals surface area contributed by atoms with Gasteiger partial charge in [0.25, 0.3) is 0 Å². The van der Waals surface area contributed by atoms with Crippen molar-refractivity contribution in [2.45, 2.75) is 26.7 Å². The molecule has 0 spiro atoms. The molecule has 0 aliphatic carbocycles. The first kappa shape index (κ1) is 12.9. The first-order valence-electron chi connectivity index (χ1n) is 5.94. The third-order valence-corrected chi connectivity index (χ3v) is 3.97. The van der Waals surface area contributed by atoms with Crippen molar-refractivity contribution in [2.75, 3.05) is 10.5 Å². The fraction of sp³-hybridized carbons (Fsp3) is 0.417. The number of aryl methyl sites for hydroxylation is 1. The molecule has 1 aromatic carbocycles. The maximum absolute atomic E-state index is 11.6. The Morgan fingerprint density at radius 2 is 2.11 bits per heavy atom. The quantitative estimate of drug-likeness (QED) is 0.904. The van der Waals surface area contributed by atoms with Crippen molar-refractivity contribution in [1.82, 2.24) is 4.98 Å². The van der Waals surface area contributed by atoms with Crippen LogP contribution in [0.3, 0.4) is 0 Å². The Balaban J connectivity index is 2.30. The molecule has 98 valence electrons. The highest BCUT2D eigenvalue weighted by Gasteiger charge is 2.10. The van der Waals surface area contributed by atoms with Crippen molar-refractivity contribution in [3.8, 4) is 0 Å². The summed E-state index contributed by atoms with van der Waals surface area (Å²) in [7, 11) is -3.26. The van der Waals surface area contributed by atoms with E-state index in [9.17, 15) is 8.42 Å². The van der Waals surface area contributed by atoms with E-state index in [0.29, 0.717) is 35.5 Å². The molecule has 2 aromatic rings. The van der Waals surface area contributed by atoms with Gasteiger partial charge < -0.3 is 4.42 Å². The highest BCUT2D eigenvalue weighted by atomic mass is 32.2. The van der Waals surface area contributed by atoms with Crippen LogP contribution >= 0.6 is 0 Å². The number of rotatable bonds is 5. The molecule has 0 radical (unpaired) electrons. The minimum atomic E-state index is -3.26. The van der Waals surface area contributed by atoms with Gasteiger partial charge in [0.05, 0.1) is 11.4 Å². The van der Waals surface area contributed by atoms with Crippen LogP contribution in [0.25, 0.3) is 11.1 Å². The zero-order valence-corrected chi connectivity index (χ0v) is 11.3. The lowest BCUT2D eigenvalue weighted by molar-refractivity contribution is 0.538. The Morgan fingerprint density at radius 3 is 2.78 bits per heavy atom. The van der Waals surface area contributed by atoms with Gasteiger partial charge in [0, 0.05) is 6.42 Å². The van der Waals surface area contributed by atoms with Gasteiger partial charge in [-0.25, -0.2) is 13.4 Å². The molecule has 1 heterocycles. The lowest BCUT2D eigenvalue weighted by Crippen LogP contribution is -2.15. The molecule has 0 fully saturated rings. The molecule has 0 aliphatic rings. The molecule has 18 heavy (non-hydrogen) atoms. The minimum absolute atomic E-state index is 0.115. The summed E-state index contributed by atoms with van der Waals surface area (Å²) in [6, 6.07) is 5.09. The van der Waals surface area contributed by atoms with Crippen molar-refractivity contribution in [1.29, 1.82) is 0 Å². The molecule has 6 heteroatoms. The second-order valence-corrected chi connectivity index (χ2v) is 5.91. The van der Waals surface area contributed by atoms with Crippen LogP contribution in [-0.4, -0.2) is 19.2 Å². The highest BCUT2D eigenvalue weighted by molar-refractivity contribution is 7.92. The summed E-state index contributed by atoms with van der Waals surface area (Å²) in [5, 5.41) is 0. The number of aromatic nitrogens is 1. The first-order valence-corrected chi connectivity index (χ1v) is 7.59. The van der Waals surface area contributed by atoms with Gasteiger partial charge in [-0.3, -0.25) is 4.72 Å². The zero-order chi connectivity index (χ0) is 13.2. The predicted octanol–water partition coefficient (Wildman–Crippen LogP) is 2.54.